The normalized spacial score (nSPS) is 20.0. The Morgan fingerprint density at radius 1 is 0.705 bits per heavy atom. The van der Waals surface area contributed by atoms with E-state index in [9.17, 15) is 18.0 Å². The number of allylic oxidation sites excluding steroid dienone is 4. The van der Waals surface area contributed by atoms with Gasteiger partial charge in [0.2, 0.25) is 0 Å². The number of Topliss-reactive ketones (excluding diaryl/α,β-unsaturated/α-hetero) is 2. The maximum atomic E-state index is 14.2. The molecule has 3 aromatic carbocycles. The van der Waals surface area contributed by atoms with Gasteiger partial charge in [-0.25, -0.2) is 0 Å². The largest absolute Gasteiger partial charge is 0.379 e. The Labute approximate surface area is 260 Å². The van der Waals surface area contributed by atoms with E-state index in [2.05, 4.69) is 44.7 Å². The fourth-order valence-corrected chi connectivity index (χ4v) is 8.04. The molecule has 6 rings (SSSR count). The Morgan fingerprint density at radius 2 is 1.20 bits per heavy atom. The number of hydrogen-bond acceptors (Lipinski definition) is 6. The van der Waals surface area contributed by atoms with Gasteiger partial charge in [0.25, 0.3) is 0 Å². The quantitative estimate of drug-likeness (QED) is 0.260. The summed E-state index contributed by atoms with van der Waals surface area (Å²) in [5.74, 6) is -0.581. The second kappa shape index (κ2) is 11.2. The van der Waals surface area contributed by atoms with Crippen LogP contribution in [0.1, 0.15) is 70.4 Å². The molecule has 0 atom stereocenters. The molecule has 228 valence electrons. The van der Waals surface area contributed by atoms with E-state index in [1.54, 1.807) is 36.4 Å². The number of ketones is 2. The molecule has 0 bridgehead atoms. The first kappa shape index (κ1) is 30.1. The molecule has 0 saturated carbocycles. The van der Waals surface area contributed by atoms with Crippen LogP contribution in [0.3, 0.4) is 0 Å². The van der Waals surface area contributed by atoms with Crippen LogP contribution in [0.25, 0.3) is 0 Å². The highest BCUT2D eigenvalue weighted by molar-refractivity contribution is 7.87. The van der Waals surface area contributed by atoms with Gasteiger partial charge in [-0.05, 0) is 53.9 Å². The van der Waals surface area contributed by atoms with E-state index in [4.69, 9.17) is 4.18 Å². The maximum Gasteiger partial charge on any atom is 0.339 e. The van der Waals surface area contributed by atoms with Crippen LogP contribution in [0.2, 0.25) is 0 Å². The summed E-state index contributed by atoms with van der Waals surface area (Å²) in [6.45, 7) is 9.09. The lowest BCUT2D eigenvalue weighted by Gasteiger charge is -2.49. The zero-order valence-corrected chi connectivity index (χ0v) is 26.6. The summed E-state index contributed by atoms with van der Waals surface area (Å²) < 4.78 is 32.6. The van der Waals surface area contributed by atoms with Crippen LogP contribution in [0.5, 0.6) is 5.75 Å². The van der Waals surface area contributed by atoms with Crippen molar-refractivity contribution in [3.63, 3.8) is 0 Å². The number of benzene rings is 3. The molecule has 0 aromatic heterocycles. The van der Waals surface area contributed by atoms with Crippen molar-refractivity contribution < 1.29 is 22.2 Å². The van der Waals surface area contributed by atoms with Gasteiger partial charge in [-0.3, -0.25) is 9.59 Å². The van der Waals surface area contributed by atoms with Gasteiger partial charge in [-0.2, -0.15) is 8.42 Å². The molecule has 0 N–H and O–H groups in total. The summed E-state index contributed by atoms with van der Waals surface area (Å²) in [7, 11) is -4.16. The van der Waals surface area contributed by atoms with Gasteiger partial charge in [0, 0.05) is 53.4 Å². The predicted octanol–water partition coefficient (Wildman–Crippen LogP) is 7.38. The summed E-state index contributed by atoms with van der Waals surface area (Å²) in [5.41, 5.74) is 4.26. The van der Waals surface area contributed by atoms with Crippen molar-refractivity contribution in [2.24, 2.45) is 10.8 Å². The molecule has 2 aliphatic carbocycles. The second-order valence-corrected chi connectivity index (χ2v) is 15.4. The van der Waals surface area contributed by atoms with Gasteiger partial charge < -0.3 is 9.08 Å². The zero-order chi connectivity index (χ0) is 31.3. The molecule has 44 heavy (non-hydrogen) atoms. The second-order valence-electron chi connectivity index (χ2n) is 13.8. The van der Waals surface area contributed by atoms with Gasteiger partial charge in [0.05, 0.1) is 0 Å². The summed E-state index contributed by atoms with van der Waals surface area (Å²) in [4.78, 5) is 30.7. The third-order valence-corrected chi connectivity index (χ3v) is 10.2. The Morgan fingerprint density at radius 3 is 1.77 bits per heavy atom. The average Bonchev–Trinajstić information content (AvgIpc) is 2.96. The van der Waals surface area contributed by atoms with Crippen LogP contribution in [-0.4, -0.2) is 31.4 Å². The number of nitrogens with zero attached hydrogens (tertiary/aromatic N) is 1. The molecule has 0 radical (unpaired) electrons. The third kappa shape index (κ3) is 5.77. The van der Waals surface area contributed by atoms with E-state index >= 15 is 0 Å². The van der Waals surface area contributed by atoms with Crippen LogP contribution < -0.4 is 4.18 Å². The predicted molar refractivity (Wildman–Crippen MR) is 170 cm³/mol. The number of rotatable bonds is 7. The van der Waals surface area contributed by atoms with Gasteiger partial charge >= 0.3 is 10.1 Å². The monoisotopic (exact) mass is 609 g/mol. The van der Waals surface area contributed by atoms with Crippen LogP contribution in [0, 0.1) is 10.8 Å². The standard InChI is InChI=1S/C37H39NO5S/c1-36(2)21-28-34(30(39)23-36)33(27-17-11-12-18-32(27)43-44(41,42)26-15-9-6-10-16-26)35-29(22-37(3,4)24-31(35)40)38(28)20-19-25-13-7-5-8-14-25/h5-18,33H,19-24H2,1-4H3. The van der Waals surface area contributed by atoms with E-state index in [0.29, 0.717) is 48.9 Å². The molecule has 1 heterocycles. The summed E-state index contributed by atoms with van der Waals surface area (Å²) in [5, 5.41) is 0. The van der Waals surface area contributed by atoms with Crippen molar-refractivity contribution in [3.05, 3.63) is 119 Å². The smallest absolute Gasteiger partial charge is 0.339 e. The molecular formula is C37H39NO5S. The molecule has 0 fully saturated rings. The van der Waals surface area contributed by atoms with E-state index in [1.165, 1.54) is 17.7 Å². The molecule has 6 nitrogen and oxygen atoms in total. The van der Waals surface area contributed by atoms with E-state index in [0.717, 1.165) is 17.8 Å². The van der Waals surface area contributed by atoms with Crippen LogP contribution >= 0.6 is 0 Å². The molecule has 0 unspecified atom stereocenters. The number of carbonyl (C=O) groups is 2. The summed E-state index contributed by atoms with van der Waals surface area (Å²) >= 11 is 0. The van der Waals surface area contributed by atoms with Crippen molar-refractivity contribution in [3.8, 4) is 5.75 Å². The van der Waals surface area contributed by atoms with Crippen molar-refractivity contribution in [1.29, 1.82) is 0 Å². The molecule has 0 amide bonds. The minimum Gasteiger partial charge on any atom is -0.379 e. The zero-order valence-electron chi connectivity index (χ0n) is 25.8. The SMILES string of the molecule is CC1(C)CC(=O)C2=C(C1)N(CCc1ccccc1)C1=C(C(=O)CC(C)(C)C1)C2c1ccccc1OS(=O)(=O)c1ccccc1. The van der Waals surface area contributed by atoms with Gasteiger partial charge in [0.15, 0.2) is 11.6 Å². The highest BCUT2D eigenvalue weighted by Gasteiger charge is 2.49. The lowest BCUT2D eigenvalue weighted by atomic mass is 9.63. The highest BCUT2D eigenvalue weighted by Crippen LogP contribution is 2.55. The molecule has 3 aromatic rings. The first-order valence-electron chi connectivity index (χ1n) is 15.3. The molecule has 0 saturated heterocycles. The highest BCUT2D eigenvalue weighted by atomic mass is 32.2. The minimum atomic E-state index is -4.16. The Hall–Kier alpha value is -3.97. The first-order valence-corrected chi connectivity index (χ1v) is 16.7. The fraction of sp³-hybridized carbons (Fsp3) is 0.351. The number of carbonyl (C=O) groups excluding carboxylic acids is 2. The Bertz CT molecular complexity index is 1730. The number of hydrogen-bond donors (Lipinski definition) is 0. The third-order valence-electron chi connectivity index (χ3n) is 8.95. The van der Waals surface area contributed by atoms with Crippen molar-refractivity contribution in [1.82, 2.24) is 4.90 Å². The maximum absolute atomic E-state index is 14.2. The number of para-hydroxylation sites is 1. The average molecular weight is 610 g/mol. The molecule has 7 heteroatoms. The van der Waals surface area contributed by atoms with E-state index in [1.807, 2.05) is 24.3 Å². The van der Waals surface area contributed by atoms with Crippen molar-refractivity contribution in [2.45, 2.75) is 70.6 Å². The molecule has 3 aliphatic rings. The van der Waals surface area contributed by atoms with Gasteiger partial charge in [0.1, 0.15) is 10.6 Å². The Balaban J connectivity index is 1.53. The molecule has 1 aliphatic heterocycles. The van der Waals surface area contributed by atoms with Crippen molar-refractivity contribution >= 4 is 21.7 Å². The topological polar surface area (TPSA) is 80.8 Å². The first-order chi connectivity index (χ1) is 20.9. The van der Waals surface area contributed by atoms with Gasteiger partial charge in [-0.1, -0.05) is 94.4 Å². The van der Waals surface area contributed by atoms with E-state index in [-0.39, 0.29) is 33.0 Å². The fourth-order valence-electron chi connectivity index (χ4n) is 7.06. The summed E-state index contributed by atoms with van der Waals surface area (Å²) in [6, 6.07) is 25.2. The van der Waals surface area contributed by atoms with Gasteiger partial charge in [-0.15, -0.1) is 0 Å². The van der Waals surface area contributed by atoms with Crippen LogP contribution in [-0.2, 0) is 26.1 Å². The molecular weight excluding hydrogens is 570 g/mol. The summed E-state index contributed by atoms with van der Waals surface area (Å²) in [6.07, 6.45) is 2.81. The van der Waals surface area contributed by atoms with Crippen LogP contribution in [0.15, 0.2) is 112 Å². The molecule has 0 spiro atoms. The lowest BCUT2D eigenvalue weighted by molar-refractivity contribution is -0.119. The van der Waals surface area contributed by atoms with E-state index < -0.39 is 16.0 Å². The van der Waals surface area contributed by atoms with Crippen LogP contribution in [0.4, 0.5) is 0 Å². The minimum absolute atomic E-state index is 0.00383. The lowest BCUT2D eigenvalue weighted by Crippen LogP contribution is -2.45. The van der Waals surface area contributed by atoms with Crippen molar-refractivity contribution in [2.75, 3.05) is 6.54 Å². The Kier molecular flexibility index (Phi) is 7.65.